The van der Waals surface area contributed by atoms with Gasteiger partial charge in [0, 0.05) is 18.3 Å². The Hall–Kier alpha value is -1.58. The Bertz CT molecular complexity index is 606. The molecule has 1 aromatic carbocycles. The fourth-order valence-corrected chi connectivity index (χ4v) is 2.31. The first kappa shape index (κ1) is 14.8. The molecular weight excluding hydrogens is 295 g/mol. The smallest absolute Gasteiger partial charge is 0.258 e. The topological polar surface area (TPSA) is 33.2 Å². The zero-order chi connectivity index (χ0) is 14.7. The van der Waals surface area contributed by atoms with Gasteiger partial charge in [-0.25, -0.2) is 4.98 Å². The van der Waals surface area contributed by atoms with Gasteiger partial charge >= 0.3 is 0 Å². The summed E-state index contributed by atoms with van der Waals surface area (Å²) in [6, 6.07) is 10.9. The van der Waals surface area contributed by atoms with Gasteiger partial charge in [0.15, 0.2) is 0 Å². The molecule has 0 bridgehead atoms. The van der Waals surface area contributed by atoms with E-state index in [0.29, 0.717) is 5.56 Å². The average Bonchev–Trinajstić information content (AvgIpc) is 2.45. The van der Waals surface area contributed by atoms with Gasteiger partial charge in [-0.05, 0) is 36.2 Å². The fraction of sp³-hybridized carbons (Fsp3) is 0.200. The van der Waals surface area contributed by atoms with Crippen molar-refractivity contribution in [1.29, 1.82) is 0 Å². The highest BCUT2D eigenvalue weighted by molar-refractivity contribution is 6.33. The second-order valence-electron chi connectivity index (χ2n) is 4.39. The molecule has 0 radical (unpaired) electrons. The molecule has 1 aromatic heterocycles. The number of pyridine rings is 1. The normalized spacial score (nSPS) is 10.4. The number of nitrogens with zero attached hydrogens (tertiary/aromatic N) is 2. The van der Waals surface area contributed by atoms with E-state index in [0.717, 1.165) is 12.1 Å². The molecule has 0 spiro atoms. The van der Waals surface area contributed by atoms with Crippen LogP contribution >= 0.6 is 23.2 Å². The van der Waals surface area contributed by atoms with Crippen LogP contribution in [0.15, 0.2) is 36.4 Å². The minimum Gasteiger partial charge on any atom is -0.311 e. The molecule has 0 aliphatic heterocycles. The van der Waals surface area contributed by atoms with Crippen molar-refractivity contribution < 1.29 is 4.79 Å². The van der Waals surface area contributed by atoms with Gasteiger partial charge in [-0.2, -0.15) is 0 Å². The fourth-order valence-electron chi connectivity index (χ4n) is 1.85. The SMILES string of the molecule is CCc1ccc(N(C)C(=O)c2cc(Cl)nc(Cl)c2)cc1. The van der Waals surface area contributed by atoms with Crippen LogP contribution < -0.4 is 4.90 Å². The van der Waals surface area contributed by atoms with Crippen molar-refractivity contribution in [3.63, 3.8) is 0 Å². The maximum absolute atomic E-state index is 12.4. The number of aromatic nitrogens is 1. The lowest BCUT2D eigenvalue weighted by Gasteiger charge is -2.18. The number of hydrogen-bond acceptors (Lipinski definition) is 2. The minimum atomic E-state index is -0.180. The predicted molar refractivity (Wildman–Crippen MR) is 82.8 cm³/mol. The highest BCUT2D eigenvalue weighted by atomic mass is 35.5. The zero-order valence-electron chi connectivity index (χ0n) is 11.2. The van der Waals surface area contributed by atoms with E-state index in [-0.39, 0.29) is 16.2 Å². The molecule has 0 N–H and O–H groups in total. The predicted octanol–water partition coefficient (Wildman–Crippen LogP) is 4.23. The molecule has 5 heteroatoms. The van der Waals surface area contributed by atoms with E-state index >= 15 is 0 Å². The first-order valence-electron chi connectivity index (χ1n) is 6.21. The Morgan fingerprint density at radius 1 is 1.15 bits per heavy atom. The number of rotatable bonds is 3. The van der Waals surface area contributed by atoms with Gasteiger partial charge in [0.05, 0.1) is 0 Å². The van der Waals surface area contributed by atoms with Gasteiger partial charge in [0.1, 0.15) is 10.3 Å². The van der Waals surface area contributed by atoms with Gasteiger partial charge in [0.2, 0.25) is 0 Å². The molecule has 0 aliphatic carbocycles. The van der Waals surface area contributed by atoms with E-state index in [2.05, 4.69) is 11.9 Å². The summed E-state index contributed by atoms with van der Waals surface area (Å²) in [6.07, 6.45) is 0.966. The van der Waals surface area contributed by atoms with Crippen molar-refractivity contribution in [2.75, 3.05) is 11.9 Å². The van der Waals surface area contributed by atoms with Gasteiger partial charge in [-0.15, -0.1) is 0 Å². The number of halogens is 2. The zero-order valence-corrected chi connectivity index (χ0v) is 12.7. The van der Waals surface area contributed by atoms with Gasteiger partial charge in [-0.3, -0.25) is 4.79 Å². The molecule has 1 amide bonds. The van der Waals surface area contributed by atoms with Crippen molar-refractivity contribution in [2.24, 2.45) is 0 Å². The third kappa shape index (κ3) is 3.30. The van der Waals surface area contributed by atoms with Crippen molar-refractivity contribution in [3.05, 3.63) is 57.8 Å². The second-order valence-corrected chi connectivity index (χ2v) is 5.16. The molecule has 1 heterocycles. The minimum absolute atomic E-state index is 0.180. The molecule has 0 saturated carbocycles. The molecule has 0 unspecified atom stereocenters. The summed E-state index contributed by atoms with van der Waals surface area (Å²) in [7, 11) is 1.71. The first-order chi connectivity index (χ1) is 9.51. The lowest BCUT2D eigenvalue weighted by molar-refractivity contribution is 0.0993. The summed E-state index contributed by atoms with van der Waals surface area (Å²) in [5.74, 6) is -0.180. The quantitative estimate of drug-likeness (QED) is 0.795. The molecule has 3 nitrogen and oxygen atoms in total. The van der Waals surface area contributed by atoms with Crippen LogP contribution in [0.2, 0.25) is 10.3 Å². The Morgan fingerprint density at radius 2 is 1.70 bits per heavy atom. The third-order valence-electron chi connectivity index (χ3n) is 3.05. The Labute approximate surface area is 128 Å². The number of anilines is 1. The number of benzene rings is 1. The summed E-state index contributed by atoms with van der Waals surface area (Å²) >= 11 is 11.6. The average molecular weight is 309 g/mol. The molecule has 2 aromatic rings. The summed E-state index contributed by atoms with van der Waals surface area (Å²) in [5.41, 5.74) is 2.46. The maximum Gasteiger partial charge on any atom is 0.258 e. The number of aryl methyl sites for hydroxylation is 1. The molecule has 0 fully saturated rings. The van der Waals surface area contributed by atoms with Crippen LogP contribution in [0, 0.1) is 0 Å². The Kier molecular flexibility index (Phi) is 4.63. The van der Waals surface area contributed by atoms with Gasteiger partial charge < -0.3 is 4.90 Å². The van der Waals surface area contributed by atoms with Gasteiger partial charge in [-0.1, -0.05) is 42.3 Å². The first-order valence-corrected chi connectivity index (χ1v) is 6.97. The number of carbonyl (C=O) groups is 1. The number of hydrogen-bond donors (Lipinski definition) is 0. The monoisotopic (exact) mass is 308 g/mol. The molecule has 2 rings (SSSR count). The molecule has 104 valence electrons. The van der Waals surface area contributed by atoms with Crippen LogP contribution in [0.4, 0.5) is 5.69 Å². The van der Waals surface area contributed by atoms with Crippen molar-refractivity contribution >= 4 is 34.8 Å². The molecule has 0 atom stereocenters. The van der Waals surface area contributed by atoms with Crippen molar-refractivity contribution in [2.45, 2.75) is 13.3 Å². The molecule has 0 saturated heterocycles. The van der Waals surface area contributed by atoms with E-state index in [1.165, 1.54) is 17.7 Å². The summed E-state index contributed by atoms with van der Waals surface area (Å²) in [6.45, 7) is 2.09. The van der Waals surface area contributed by atoms with Crippen LogP contribution in [-0.4, -0.2) is 17.9 Å². The van der Waals surface area contributed by atoms with E-state index < -0.39 is 0 Å². The maximum atomic E-state index is 12.4. The van der Waals surface area contributed by atoms with Crippen LogP contribution in [-0.2, 0) is 6.42 Å². The Balaban J connectivity index is 2.27. The molecule has 20 heavy (non-hydrogen) atoms. The van der Waals surface area contributed by atoms with Crippen LogP contribution in [0.5, 0.6) is 0 Å². The number of carbonyl (C=O) groups excluding carboxylic acids is 1. The highest BCUT2D eigenvalue weighted by Crippen LogP contribution is 2.20. The van der Waals surface area contributed by atoms with E-state index in [1.807, 2.05) is 24.3 Å². The lowest BCUT2D eigenvalue weighted by atomic mass is 10.1. The van der Waals surface area contributed by atoms with Crippen molar-refractivity contribution in [3.8, 4) is 0 Å². The summed E-state index contributed by atoms with van der Waals surface area (Å²) in [5, 5.41) is 0.408. The summed E-state index contributed by atoms with van der Waals surface area (Å²) in [4.78, 5) is 17.8. The second kappa shape index (κ2) is 6.25. The molecular formula is C15H14Cl2N2O. The highest BCUT2D eigenvalue weighted by Gasteiger charge is 2.15. The van der Waals surface area contributed by atoms with Crippen molar-refractivity contribution in [1.82, 2.24) is 4.98 Å². The van der Waals surface area contributed by atoms with E-state index in [1.54, 1.807) is 11.9 Å². The van der Waals surface area contributed by atoms with Crippen LogP contribution in [0.25, 0.3) is 0 Å². The third-order valence-corrected chi connectivity index (χ3v) is 3.43. The van der Waals surface area contributed by atoms with E-state index in [4.69, 9.17) is 23.2 Å². The molecule has 0 aliphatic rings. The lowest BCUT2D eigenvalue weighted by Crippen LogP contribution is -2.26. The number of amides is 1. The summed E-state index contributed by atoms with van der Waals surface area (Å²) < 4.78 is 0. The van der Waals surface area contributed by atoms with E-state index in [9.17, 15) is 4.79 Å². The van der Waals surface area contributed by atoms with Crippen LogP contribution in [0.1, 0.15) is 22.8 Å². The van der Waals surface area contributed by atoms with Crippen LogP contribution in [0.3, 0.4) is 0 Å². The standard InChI is InChI=1S/C15H14Cl2N2O/c1-3-10-4-6-12(7-5-10)19(2)15(20)11-8-13(16)18-14(17)9-11/h4-9H,3H2,1-2H3. The Morgan fingerprint density at radius 3 is 2.20 bits per heavy atom. The van der Waals surface area contributed by atoms with Gasteiger partial charge in [0.25, 0.3) is 5.91 Å². The largest absolute Gasteiger partial charge is 0.311 e.